The van der Waals surface area contributed by atoms with Crippen molar-refractivity contribution >= 4 is 29.1 Å². The van der Waals surface area contributed by atoms with Crippen molar-refractivity contribution in [2.24, 2.45) is 4.99 Å². The average molecular weight is 604 g/mol. The number of ether oxygens (including phenoxy) is 3. The van der Waals surface area contributed by atoms with Gasteiger partial charge < -0.3 is 18.6 Å². The van der Waals surface area contributed by atoms with Crippen molar-refractivity contribution < 1.29 is 28.3 Å². The van der Waals surface area contributed by atoms with Crippen LogP contribution in [0.1, 0.15) is 43.7 Å². The van der Waals surface area contributed by atoms with E-state index < -0.39 is 16.9 Å². The first-order valence-corrected chi connectivity index (χ1v) is 14.3. The lowest BCUT2D eigenvalue weighted by Crippen LogP contribution is -2.39. The third-order valence-corrected chi connectivity index (χ3v) is 7.89. The average Bonchev–Trinajstić information content (AvgIpc) is 3.56. The molecule has 0 spiro atoms. The first kappa shape index (κ1) is 29.5. The van der Waals surface area contributed by atoms with Gasteiger partial charge in [-0.25, -0.2) is 9.79 Å². The molecule has 0 saturated heterocycles. The molecule has 2 aromatic carbocycles. The fourth-order valence-corrected chi connectivity index (χ4v) is 5.94. The molecule has 1 atom stereocenters. The predicted molar refractivity (Wildman–Crippen MR) is 160 cm³/mol. The molecule has 0 aliphatic carbocycles. The molecule has 12 heteroatoms. The molecule has 4 aromatic rings. The molecule has 0 unspecified atom stereocenters. The van der Waals surface area contributed by atoms with Gasteiger partial charge in [-0.3, -0.25) is 19.5 Å². The van der Waals surface area contributed by atoms with Crippen molar-refractivity contribution in [3.05, 3.63) is 106 Å². The minimum Gasteiger partial charge on any atom is -0.493 e. The van der Waals surface area contributed by atoms with Crippen LogP contribution in [0.25, 0.3) is 17.4 Å². The zero-order chi connectivity index (χ0) is 30.8. The highest BCUT2D eigenvalue weighted by Crippen LogP contribution is 2.36. The number of nitro benzene ring substituents is 1. The Kier molecular flexibility index (Phi) is 8.31. The quantitative estimate of drug-likeness (QED) is 0.153. The van der Waals surface area contributed by atoms with Crippen LogP contribution < -0.4 is 24.4 Å². The minimum atomic E-state index is -0.831. The van der Waals surface area contributed by atoms with E-state index in [1.54, 1.807) is 69.3 Å². The Morgan fingerprint density at radius 1 is 1.12 bits per heavy atom. The number of carbonyl (C=O) groups is 1. The number of methoxy groups -OCH3 is 1. The Labute approximate surface area is 250 Å². The summed E-state index contributed by atoms with van der Waals surface area (Å²) in [5.41, 5.74) is 2.00. The first-order valence-electron chi connectivity index (χ1n) is 13.5. The molecule has 0 fully saturated rings. The topological polar surface area (TPSA) is 135 Å². The molecule has 0 bridgehead atoms. The number of fused-ring (bicyclic) bond motifs is 1. The number of hydrogen-bond donors (Lipinski definition) is 0. The molecule has 0 amide bonds. The second-order valence-corrected chi connectivity index (χ2v) is 10.6. The van der Waals surface area contributed by atoms with Crippen molar-refractivity contribution in [2.75, 3.05) is 20.3 Å². The van der Waals surface area contributed by atoms with E-state index in [0.717, 1.165) is 11.3 Å². The predicted octanol–water partition coefficient (Wildman–Crippen LogP) is 4.68. The van der Waals surface area contributed by atoms with Crippen molar-refractivity contribution in [1.82, 2.24) is 4.57 Å². The number of carbonyl (C=O) groups excluding carboxylic acids is 1. The highest BCUT2D eigenvalue weighted by atomic mass is 32.1. The van der Waals surface area contributed by atoms with E-state index >= 15 is 0 Å². The van der Waals surface area contributed by atoms with Crippen LogP contribution in [0.4, 0.5) is 5.69 Å². The summed E-state index contributed by atoms with van der Waals surface area (Å²) >= 11 is 1.16. The molecule has 43 heavy (non-hydrogen) atoms. The van der Waals surface area contributed by atoms with Gasteiger partial charge in [0.15, 0.2) is 16.3 Å². The van der Waals surface area contributed by atoms with E-state index in [1.807, 2.05) is 6.92 Å². The molecule has 3 heterocycles. The summed E-state index contributed by atoms with van der Waals surface area (Å²) in [6.45, 7) is 7.49. The smallest absolute Gasteiger partial charge is 0.338 e. The van der Waals surface area contributed by atoms with Crippen LogP contribution in [-0.4, -0.2) is 35.8 Å². The Balaban J connectivity index is 1.63. The van der Waals surface area contributed by atoms with Gasteiger partial charge in [0, 0.05) is 23.3 Å². The van der Waals surface area contributed by atoms with E-state index in [9.17, 15) is 19.7 Å². The van der Waals surface area contributed by atoms with E-state index in [-0.39, 0.29) is 23.4 Å². The molecular weight excluding hydrogens is 574 g/mol. The van der Waals surface area contributed by atoms with Gasteiger partial charge in [0.25, 0.3) is 11.2 Å². The second kappa shape index (κ2) is 12.1. The van der Waals surface area contributed by atoms with Crippen molar-refractivity contribution in [1.29, 1.82) is 0 Å². The number of benzene rings is 2. The molecular formula is C31H29N3O8S. The number of nitro groups is 1. The van der Waals surface area contributed by atoms with Crippen LogP contribution in [0.3, 0.4) is 0 Å². The van der Waals surface area contributed by atoms with Crippen LogP contribution in [0.2, 0.25) is 0 Å². The van der Waals surface area contributed by atoms with Gasteiger partial charge >= 0.3 is 5.97 Å². The Morgan fingerprint density at radius 3 is 2.60 bits per heavy atom. The molecule has 222 valence electrons. The van der Waals surface area contributed by atoms with Gasteiger partial charge in [-0.15, -0.1) is 0 Å². The molecule has 2 aromatic heterocycles. The number of furan rings is 1. The molecule has 11 nitrogen and oxygen atoms in total. The van der Waals surface area contributed by atoms with Crippen molar-refractivity contribution in [2.45, 2.75) is 33.7 Å². The minimum absolute atomic E-state index is 0.0115. The maximum Gasteiger partial charge on any atom is 0.338 e. The third kappa shape index (κ3) is 5.61. The highest BCUT2D eigenvalue weighted by Gasteiger charge is 2.34. The number of nitrogens with zero attached hydrogens (tertiary/aromatic N) is 3. The van der Waals surface area contributed by atoms with Crippen LogP contribution in [-0.2, 0) is 9.53 Å². The lowest BCUT2D eigenvalue weighted by Gasteiger charge is -2.25. The van der Waals surface area contributed by atoms with Gasteiger partial charge in [0.2, 0.25) is 0 Å². The number of esters is 1. The summed E-state index contributed by atoms with van der Waals surface area (Å²) in [5, 5.41) is 11.4. The number of allylic oxidation sites excluding steroid dienone is 1. The standard InChI is InChI=1S/C31H29N3O8S/c1-6-40-25-15-20(10-12-24(25)39-5)28-27(30(36)41-7-2)18(4)32-31-33(28)29(35)26(43-31)16-21-11-13-23(42-21)19-9-8-17(3)22(14-19)34(37)38/h8-16,28H,6-7H2,1-5H3/b26-16-/t28-/m1/s1. The monoisotopic (exact) mass is 603 g/mol. The Morgan fingerprint density at radius 2 is 1.91 bits per heavy atom. The maximum atomic E-state index is 13.9. The number of aromatic nitrogens is 1. The lowest BCUT2D eigenvalue weighted by atomic mass is 9.95. The van der Waals surface area contributed by atoms with Crippen LogP contribution in [0.5, 0.6) is 11.5 Å². The van der Waals surface area contributed by atoms with Gasteiger partial charge in [0.05, 0.1) is 47.1 Å². The van der Waals surface area contributed by atoms with Gasteiger partial charge in [-0.05, 0) is 57.5 Å². The Hall–Kier alpha value is -4.97. The fraction of sp³-hybridized carbons (Fsp3) is 0.258. The summed E-state index contributed by atoms with van der Waals surface area (Å²) in [6.07, 6.45) is 1.59. The van der Waals surface area contributed by atoms with Gasteiger partial charge in [-0.1, -0.05) is 29.5 Å². The number of rotatable bonds is 9. The van der Waals surface area contributed by atoms with Crippen LogP contribution in [0.15, 0.2) is 74.0 Å². The molecule has 0 saturated carbocycles. The first-order chi connectivity index (χ1) is 20.7. The van der Waals surface area contributed by atoms with Crippen molar-refractivity contribution in [3.8, 4) is 22.8 Å². The van der Waals surface area contributed by atoms with Gasteiger partial charge in [0.1, 0.15) is 11.5 Å². The van der Waals surface area contributed by atoms with E-state index in [2.05, 4.69) is 4.99 Å². The Bertz CT molecular complexity index is 1950. The largest absolute Gasteiger partial charge is 0.493 e. The van der Waals surface area contributed by atoms with E-state index in [0.29, 0.717) is 61.3 Å². The van der Waals surface area contributed by atoms with Crippen LogP contribution in [0, 0.1) is 17.0 Å². The molecule has 0 N–H and O–H groups in total. The second-order valence-electron chi connectivity index (χ2n) is 9.61. The highest BCUT2D eigenvalue weighted by molar-refractivity contribution is 7.07. The zero-order valence-electron chi connectivity index (χ0n) is 24.2. The van der Waals surface area contributed by atoms with Gasteiger partial charge in [-0.2, -0.15) is 0 Å². The molecule has 1 aliphatic rings. The normalized spacial score (nSPS) is 14.7. The third-order valence-electron chi connectivity index (χ3n) is 6.91. The SMILES string of the molecule is CCOC(=O)C1=C(C)N=c2s/c(=C\c3ccc(-c4ccc(C)c([N+](=O)[O-])c4)o3)c(=O)n2[C@@H]1c1ccc(OC)c(OCC)c1. The summed E-state index contributed by atoms with van der Waals surface area (Å²) in [5.74, 6) is 1.22. The molecule has 5 rings (SSSR count). The summed E-state index contributed by atoms with van der Waals surface area (Å²) < 4.78 is 24.3. The molecule has 0 radical (unpaired) electrons. The van der Waals surface area contributed by atoms with E-state index in [1.165, 1.54) is 17.7 Å². The maximum absolute atomic E-state index is 13.9. The zero-order valence-corrected chi connectivity index (χ0v) is 25.0. The summed E-state index contributed by atoms with van der Waals surface area (Å²) in [6, 6.07) is 12.7. The number of thiazole rings is 1. The summed E-state index contributed by atoms with van der Waals surface area (Å²) in [4.78, 5) is 43.1. The van der Waals surface area contributed by atoms with E-state index in [4.69, 9.17) is 18.6 Å². The number of hydrogen-bond acceptors (Lipinski definition) is 10. The lowest BCUT2D eigenvalue weighted by molar-refractivity contribution is -0.385. The van der Waals surface area contributed by atoms with Crippen molar-refractivity contribution in [3.63, 3.8) is 0 Å². The number of aryl methyl sites for hydroxylation is 1. The molecule has 1 aliphatic heterocycles. The summed E-state index contributed by atoms with van der Waals surface area (Å²) in [7, 11) is 1.54. The fourth-order valence-electron chi connectivity index (χ4n) is 4.91. The van der Waals surface area contributed by atoms with Crippen LogP contribution >= 0.6 is 11.3 Å².